The van der Waals surface area contributed by atoms with Crippen LogP contribution in [-0.4, -0.2) is 17.3 Å². The molecular weight excluding hydrogens is 228 g/mol. The minimum Gasteiger partial charge on any atom is -0.300 e. The van der Waals surface area contributed by atoms with Crippen LogP contribution in [0.1, 0.15) is 60.3 Å². The Morgan fingerprint density at radius 1 is 1.17 bits per heavy atom. The highest BCUT2D eigenvalue weighted by Crippen LogP contribution is 2.51. The molecule has 0 N–H and O–H groups in total. The highest BCUT2D eigenvalue weighted by atomic mass is 16.1. The van der Waals surface area contributed by atoms with Gasteiger partial charge in [-0.05, 0) is 46.0 Å². The lowest BCUT2D eigenvalue weighted by atomic mass is 9.71. The predicted molar refractivity (Wildman–Crippen MR) is 70.2 cm³/mol. The molecule has 0 bridgehead atoms. The molecule has 3 heteroatoms. The molecule has 0 amide bonds. The van der Waals surface area contributed by atoms with Crippen LogP contribution in [0.3, 0.4) is 0 Å². The molecule has 0 aromatic carbocycles. The first kappa shape index (κ1) is 15.1. The van der Waals surface area contributed by atoms with Gasteiger partial charge in [-0.15, -0.1) is 0 Å². The van der Waals surface area contributed by atoms with Crippen molar-refractivity contribution in [1.82, 2.24) is 0 Å². The van der Waals surface area contributed by atoms with Crippen molar-refractivity contribution in [3.63, 3.8) is 0 Å². The molecule has 0 heterocycles. The van der Waals surface area contributed by atoms with Gasteiger partial charge in [0.2, 0.25) is 0 Å². The normalized spacial score (nSPS) is 28.2. The van der Waals surface area contributed by atoms with Crippen molar-refractivity contribution >= 4 is 17.3 Å². The molecule has 0 spiro atoms. The van der Waals surface area contributed by atoms with E-state index in [0.29, 0.717) is 12.8 Å². The second-order valence-electron chi connectivity index (χ2n) is 6.43. The van der Waals surface area contributed by atoms with Crippen molar-refractivity contribution in [3.8, 4) is 0 Å². The number of carbonyl (C=O) groups is 3. The highest BCUT2D eigenvalue weighted by Gasteiger charge is 2.49. The molecule has 102 valence electrons. The molecule has 1 aliphatic rings. The summed E-state index contributed by atoms with van der Waals surface area (Å²) in [4.78, 5) is 35.0. The molecule has 2 atom stereocenters. The van der Waals surface area contributed by atoms with Gasteiger partial charge in [0.05, 0.1) is 0 Å². The Morgan fingerprint density at radius 2 is 1.72 bits per heavy atom. The van der Waals surface area contributed by atoms with Crippen LogP contribution in [0.4, 0.5) is 0 Å². The Kier molecular flexibility index (Phi) is 4.14. The van der Waals surface area contributed by atoms with Crippen LogP contribution in [0.5, 0.6) is 0 Å². The molecule has 0 radical (unpaired) electrons. The minimum absolute atomic E-state index is 0.0616. The van der Waals surface area contributed by atoms with Crippen LogP contribution in [0, 0.1) is 16.7 Å². The summed E-state index contributed by atoms with van der Waals surface area (Å²) >= 11 is 0. The van der Waals surface area contributed by atoms with E-state index in [2.05, 4.69) is 0 Å². The van der Waals surface area contributed by atoms with E-state index in [1.54, 1.807) is 13.8 Å². The summed E-state index contributed by atoms with van der Waals surface area (Å²) in [5.74, 6) is 0.527. The average molecular weight is 252 g/mol. The largest absolute Gasteiger partial charge is 0.300 e. The second-order valence-corrected chi connectivity index (χ2v) is 6.43. The molecule has 1 saturated carbocycles. The molecule has 1 fully saturated rings. The maximum absolute atomic E-state index is 11.9. The van der Waals surface area contributed by atoms with Gasteiger partial charge in [0.25, 0.3) is 0 Å². The van der Waals surface area contributed by atoms with Crippen molar-refractivity contribution in [2.45, 2.75) is 60.3 Å². The van der Waals surface area contributed by atoms with Crippen molar-refractivity contribution < 1.29 is 14.4 Å². The number of rotatable bonds is 5. The molecule has 0 saturated heterocycles. The van der Waals surface area contributed by atoms with E-state index in [0.717, 1.165) is 12.8 Å². The fourth-order valence-corrected chi connectivity index (χ4v) is 3.11. The quantitative estimate of drug-likeness (QED) is 0.756. The summed E-state index contributed by atoms with van der Waals surface area (Å²) in [6.45, 7) is 8.62. The standard InChI is InChI=1S/C15H24O3/c1-10(16)8-15(12(3)18)7-6-13(9-15)14(4,5)11(2)17/h13H,6-9H2,1-5H3/t13-,15+/m1/s1. The van der Waals surface area contributed by atoms with E-state index in [9.17, 15) is 14.4 Å². The van der Waals surface area contributed by atoms with Crippen molar-refractivity contribution in [3.05, 3.63) is 0 Å². The van der Waals surface area contributed by atoms with Gasteiger partial charge in [-0.1, -0.05) is 13.8 Å². The molecule has 0 aromatic rings. The third-order valence-corrected chi connectivity index (χ3v) is 4.87. The average Bonchev–Trinajstić information content (AvgIpc) is 2.62. The molecule has 1 aliphatic carbocycles. The van der Waals surface area contributed by atoms with Crippen LogP contribution in [-0.2, 0) is 14.4 Å². The van der Waals surface area contributed by atoms with E-state index < -0.39 is 10.8 Å². The lowest BCUT2D eigenvalue weighted by molar-refractivity contribution is -0.133. The Balaban J connectivity index is 2.94. The lowest BCUT2D eigenvalue weighted by Crippen LogP contribution is -2.33. The molecule has 1 rings (SSSR count). The van der Waals surface area contributed by atoms with E-state index in [1.165, 1.54) is 6.92 Å². The second kappa shape index (κ2) is 4.94. The van der Waals surface area contributed by atoms with Crippen molar-refractivity contribution in [2.75, 3.05) is 0 Å². The number of ketones is 3. The van der Waals surface area contributed by atoms with Gasteiger partial charge in [-0.25, -0.2) is 0 Å². The van der Waals surface area contributed by atoms with E-state index in [1.807, 2.05) is 13.8 Å². The molecule has 0 aliphatic heterocycles. The topological polar surface area (TPSA) is 51.2 Å². The molecule has 3 nitrogen and oxygen atoms in total. The SMILES string of the molecule is CC(=O)C[C@@]1(C(C)=O)CC[C@@H](C(C)(C)C(C)=O)C1. The van der Waals surface area contributed by atoms with Crippen LogP contribution in [0.15, 0.2) is 0 Å². The zero-order valence-electron chi connectivity index (χ0n) is 12.1. The fourth-order valence-electron chi connectivity index (χ4n) is 3.11. The van der Waals surface area contributed by atoms with E-state index in [-0.39, 0.29) is 23.3 Å². The van der Waals surface area contributed by atoms with Gasteiger partial charge < -0.3 is 0 Å². The van der Waals surface area contributed by atoms with Crippen LogP contribution in [0.2, 0.25) is 0 Å². The van der Waals surface area contributed by atoms with Gasteiger partial charge in [-0.2, -0.15) is 0 Å². The molecule has 18 heavy (non-hydrogen) atoms. The monoisotopic (exact) mass is 252 g/mol. The van der Waals surface area contributed by atoms with Crippen LogP contribution < -0.4 is 0 Å². The first-order chi connectivity index (χ1) is 8.12. The first-order valence-corrected chi connectivity index (χ1v) is 6.63. The lowest BCUT2D eigenvalue weighted by Gasteiger charge is -2.31. The number of Topliss-reactive ketones (excluding diaryl/α,β-unsaturated/α-hetero) is 3. The summed E-state index contributed by atoms with van der Waals surface area (Å²) in [6.07, 6.45) is 2.60. The maximum Gasteiger partial charge on any atom is 0.136 e. The number of hydrogen-bond acceptors (Lipinski definition) is 3. The summed E-state index contributed by atoms with van der Waals surface area (Å²) in [7, 11) is 0. The summed E-state index contributed by atoms with van der Waals surface area (Å²) in [5, 5.41) is 0. The van der Waals surface area contributed by atoms with Crippen LogP contribution >= 0.6 is 0 Å². The smallest absolute Gasteiger partial charge is 0.136 e. The van der Waals surface area contributed by atoms with E-state index in [4.69, 9.17) is 0 Å². The van der Waals surface area contributed by atoms with E-state index >= 15 is 0 Å². The Labute approximate surface area is 109 Å². The minimum atomic E-state index is -0.511. The van der Waals surface area contributed by atoms with Gasteiger partial charge in [0, 0.05) is 17.3 Å². The zero-order valence-corrected chi connectivity index (χ0v) is 12.1. The van der Waals surface area contributed by atoms with Gasteiger partial charge in [0.1, 0.15) is 17.3 Å². The van der Waals surface area contributed by atoms with Crippen molar-refractivity contribution in [2.24, 2.45) is 16.7 Å². The maximum atomic E-state index is 11.9. The Bertz CT molecular complexity index is 381. The van der Waals surface area contributed by atoms with Gasteiger partial charge >= 0.3 is 0 Å². The van der Waals surface area contributed by atoms with Crippen molar-refractivity contribution in [1.29, 1.82) is 0 Å². The third kappa shape index (κ3) is 2.70. The highest BCUT2D eigenvalue weighted by molar-refractivity contribution is 5.89. The van der Waals surface area contributed by atoms with Gasteiger partial charge in [-0.3, -0.25) is 14.4 Å². The zero-order chi connectivity index (χ0) is 14.1. The number of carbonyl (C=O) groups excluding carboxylic acids is 3. The molecule has 0 unspecified atom stereocenters. The predicted octanol–water partition coefficient (Wildman–Crippen LogP) is 2.96. The summed E-state index contributed by atoms with van der Waals surface area (Å²) in [5.41, 5.74) is -0.906. The fraction of sp³-hybridized carbons (Fsp3) is 0.800. The first-order valence-electron chi connectivity index (χ1n) is 6.63. The Hall–Kier alpha value is -0.990. The number of hydrogen-bond donors (Lipinski definition) is 0. The molecular formula is C15H24O3. The third-order valence-electron chi connectivity index (χ3n) is 4.87. The van der Waals surface area contributed by atoms with Crippen LogP contribution in [0.25, 0.3) is 0 Å². The van der Waals surface area contributed by atoms with Gasteiger partial charge in [0.15, 0.2) is 0 Å². The summed E-state index contributed by atoms with van der Waals surface area (Å²) in [6, 6.07) is 0. The Morgan fingerprint density at radius 3 is 2.11 bits per heavy atom. The summed E-state index contributed by atoms with van der Waals surface area (Å²) < 4.78 is 0. The molecule has 0 aromatic heterocycles.